The van der Waals surface area contributed by atoms with Crippen molar-refractivity contribution in [3.63, 3.8) is 0 Å². The molecule has 0 spiro atoms. The number of nitrogens with zero attached hydrogens (tertiary/aromatic N) is 1. The maximum Gasteiger partial charge on any atom is 0.314 e. The number of carboxylic acid groups (broad SMARTS) is 10. The van der Waals surface area contributed by atoms with Gasteiger partial charge in [0.15, 0.2) is 5.75 Å². The van der Waals surface area contributed by atoms with Crippen molar-refractivity contribution < 1.29 is 115 Å². The highest BCUT2D eigenvalue weighted by Gasteiger charge is 2.53. The van der Waals surface area contributed by atoms with Gasteiger partial charge in [-0.05, 0) is 206 Å². The van der Waals surface area contributed by atoms with Gasteiger partial charge in [0.1, 0.15) is 0 Å². The van der Waals surface area contributed by atoms with E-state index in [4.69, 9.17) is 20.4 Å². The molecule has 0 aromatic heterocycles. The highest BCUT2D eigenvalue weighted by atomic mass is 16.6. The molecule has 0 aliphatic carbocycles. The van der Waals surface area contributed by atoms with E-state index in [2.05, 4.69) is 111 Å². The maximum absolute atomic E-state index is 13.2. The number of nitro benzene ring substituents is 1. The lowest BCUT2D eigenvalue weighted by atomic mass is 9.52. The summed E-state index contributed by atoms with van der Waals surface area (Å²) in [7, 11) is 0. The van der Waals surface area contributed by atoms with Crippen LogP contribution in [0.15, 0.2) is 48.5 Å². The Morgan fingerprint density at radius 1 is 0.291 bits per heavy atom. The van der Waals surface area contributed by atoms with Crippen LogP contribution in [0.1, 0.15) is 571 Å². The number of para-hydroxylation sites is 1. The molecule has 862 valence electrons. The molecule has 0 fully saturated rings. The van der Waals surface area contributed by atoms with Crippen LogP contribution in [-0.4, -0.2) is 126 Å². The molecule has 6 unspecified atom stereocenters. The van der Waals surface area contributed by atoms with Gasteiger partial charge in [-0.3, -0.25) is 58.1 Å². The Morgan fingerprint density at radius 3 is 0.899 bits per heavy atom. The summed E-state index contributed by atoms with van der Waals surface area (Å²) in [5, 5.41) is 117. The number of aliphatic carboxylic acids is 10. The maximum atomic E-state index is 13.2. The Bertz CT molecular complexity index is 3590. The van der Waals surface area contributed by atoms with Crippen LogP contribution in [-0.2, 0) is 54.4 Å². The molecule has 0 aliphatic heterocycles. The molecule has 0 heterocycles. The first kappa shape index (κ1) is 147. The standard InChI is InChI=1S/C38H70O8.C26H50O4.C24H46O4.C22H42O4.C13H11NO3.H2O/c1-5-9-21-31(22-10-6-2)38(32(23-11-7-3)24-12-8-4,33(37(45)46)26-28-35(41)42)29-19-17-15-13-14-16-18-20-30(36(43)44)25-27-34(39)40;1-5-9-16-22(7-3)20-26(25(29)30,21-23(8-4)17-10-6-2)19-15-13-11-12-14-18-24(27)28;1-5-9-14-20(15-10-6-2)24(23(27)28,19-13-18-22(25)26)21(16-11-7-3)17-12-8-4;1-5-9-12-18(7-3)16-22(21(25)26,15-11-14-20(23)24)17-19(8-4)13-10-6-2;15-12-8-4-7-11(13(12)14(16)17)9-10-5-2-1-3-6-10;/h30-33H,5-29H2,1-4H3,(H,39,40)(H,41,42)(H,43,44)(H,45,46);22-23H,5-21H2,1-4H3,(H,27,28)(H,29,30);20-21H,5-19H2,1-4H3,(H,25,26)(H,27,28);18-19H,5-17H2,1-4H3,(H,23,24)(H,25,26);1-8,15H,9H2;1H2. The van der Waals surface area contributed by atoms with Crippen molar-refractivity contribution in [2.45, 2.75) is 567 Å². The molecule has 2 aromatic carbocycles. The third kappa shape index (κ3) is 63.7. The van der Waals surface area contributed by atoms with Crippen molar-refractivity contribution in [3.05, 3.63) is 69.8 Å². The number of aromatic hydroxyl groups is 1. The molecule has 0 saturated carbocycles. The van der Waals surface area contributed by atoms with Gasteiger partial charge in [0, 0.05) is 44.1 Å². The topological polar surface area (TPSA) is 468 Å². The van der Waals surface area contributed by atoms with Crippen molar-refractivity contribution in [2.75, 3.05) is 0 Å². The zero-order chi connectivity index (χ0) is 111. The first-order valence-corrected chi connectivity index (χ1v) is 59.5. The number of unbranched alkanes of at least 4 members (excludes halogenated alkanes) is 22. The Labute approximate surface area is 898 Å². The summed E-state index contributed by atoms with van der Waals surface area (Å²) >= 11 is 0. The van der Waals surface area contributed by atoms with Crippen LogP contribution in [0.25, 0.3) is 0 Å². The van der Waals surface area contributed by atoms with Gasteiger partial charge < -0.3 is 61.6 Å². The number of benzene rings is 2. The summed E-state index contributed by atoms with van der Waals surface area (Å²) in [6.45, 7) is 34.9. The minimum Gasteiger partial charge on any atom is -0.502 e. The van der Waals surface area contributed by atoms with Crippen LogP contribution >= 0.6 is 0 Å². The normalized spacial score (nSPS) is 13.5. The van der Waals surface area contributed by atoms with Gasteiger partial charge in [-0.2, -0.15) is 0 Å². The lowest BCUT2D eigenvalue weighted by Crippen LogP contribution is -2.48. The Hall–Kier alpha value is -7.70. The number of hydrogen-bond donors (Lipinski definition) is 11. The quantitative estimate of drug-likeness (QED) is 0.0166. The summed E-state index contributed by atoms with van der Waals surface area (Å²) < 4.78 is 0. The van der Waals surface area contributed by atoms with Crippen LogP contribution in [0.2, 0.25) is 0 Å². The second-order valence-corrected chi connectivity index (χ2v) is 43.7. The fraction of sp³-hybridized carbons (Fsp3) is 0.821. The fourth-order valence-electron chi connectivity index (χ4n) is 23.5. The molecule has 0 saturated heterocycles. The molecule has 25 nitrogen and oxygen atoms in total. The molecular formula is C123H221NO24. The molecular weight excluding hydrogens is 1880 g/mol. The van der Waals surface area contributed by atoms with Gasteiger partial charge in [0.25, 0.3) is 0 Å². The monoisotopic (exact) mass is 2100 g/mol. The van der Waals surface area contributed by atoms with E-state index >= 15 is 0 Å². The van der Waals surface area contributed by atoms with Crippen LogP contribution in [0, 0.1) is 91.0 Å². The zero-order valence-corrected chi connectivity index (χ0v) is 96.4. The zero-order valence-electron chi connectivity index (χ0n) is 96.4. The highest BCUT2D eigenvalue weighted by molar-refractivity contribution is 5.77. The number of rotatable bonds is 93. The van der Waals surface area contributed by atoms with Gasteiger partial charge in [-0.15, -0.1) is 0 Å². The number of hydrogen-bond acceptors (Lipinski definition) is 13. The summed E-state index contributed by atoms with van der Waals surface area (Å²) in [5.74, 6) is -6.86. The highest BCUT2D eigenvalue weighted by Crippen LogP contribution is 2.57. The van der Waals surface area contributed by atoms with Crippen molar-refractivity contribution in [3.8, 4) is 5.75 Å². The first-order chi connectivity index (χ1) is 70.3. The summed E-state index contributed by atoms with van der Waals surface area (Å²) in [5.41, 5.74) is -1.27. The van der Waals surface area contributed by atoms with E-state index in [1.54, 1.807) is 12.1 Å². The summed E-state index contributed by atoms with van der Waals surface area (Å²) in [6.07, 6.45) is 61.9. The van der Waals surface area contributed by atoms with E-state index in [9.17, 15) is 93.8 Å². The molecule has 0 radical (unpaired) electrons. The summed E-state index contributed by atoms with van der Waals surface area (Å²) in [6, 6.07) is 14.0. The van der Waals surface area contributed by atoms with Crippen LogP contribution < -0.4 is 0 Å². The molecule has 25 heteroatoms. The van der Waals surface area contributed by atoms with Gasteiger partial charge >= 0.3 is 65.4 Å². The molecule has 13 N–H and O–H groups in total. The Morgan fingerprint density at radius 2 is 0.588 bits per heavy atom. The molecule has 2 aromatic rings. The van der Waals surface area contributed by atoms with E-state index in [-0.39, 0.29) is 85.5 Å². The van der Waals surface area contributed by atoms with E-state index in [0.717, 1.165) is 339 Å². The minimum absolute atomic E-state index is 0. The average molecular weight is 2100 g/mol. The van der Waals surface area contributed by atoms with E-state index < -0.39 is 98.1 Å². The average Bonchev–Trinajstić information content (AvgIpc) is 0.759. The smallest absolute Gasteiger partial charge is 0.314 e. The van der Waals surface area contributed by atoms with E-state index in [1.165, 1.54) is 31.7 Å². The number of phenols is 1. The number of phenolic OH excluding ortho intramolecular Hbond substituents is 1. The molecule has 0 aliphatic rings. The van der Waals surface area contributed by atoms with Crippen molar-refractivity contribution in [2.24, 2.45) is 80.8 Å². The lowest BCUT2D eigenvalue weighted by molar-refractivity contribution is -0.386. The van der Waals surface area contributed by atoms with E-state index in [1.807, 2.05) is 30.3 Å². The van der Waals surface area contributed by atoms with Gasteiger partial charge in [-0.1, -0.05) is 429 Å². The van der Waals surface area contributed by atoms with Crippen molar-refractivity contribution in [1.29, 1.82) is 0 Å². The Balaban J connectivity index is -0.000000903. The van der Waals surface area contributed by atoms with Gasteiger partial charge in [0.2, 0.25) is 0 Å². The van der Waals surface area contributed by atoms with Crippen molar-refractivity contribution >= 4 is 65.4 Å². The Kier molecular flexibility index (Phi) is 91.0. The predicted molar refractivity (Wildman–Crippen MR) is 603 cm³/mol. The number of carbonyl (C=O) groups is 10. The van der Waals surface area contributed by atoms with E-state index in [0.29, 0.717) is 80.6 Å². The largest absolute Gasteiger partial charge is 0.502 e. The number of nitro groups is 1. The third-order valence-electron chi connectivity index (χ3n) is 32.3. The van der Waals surface area contributed by atoms with Crippen LogP contribution in [0.3, 0.4) is 0 Å². The predicted octanol–water partition coefficient (Wildman–Crippen LogP) is 34.6. The van der Waals surface area contributed by atoms with Crippen molar-refractivity contribution in [1.82, 2.24) is 0 Å². The lowest BCUT2D eigenvalue weighted by Gasteiger charge is -2.51. The fourth-order valence-corrected chi connectivity index (χ4v) is 23.5. The second-order valence-electron chi connectivity index (χ2n) is 43.7. The number of carboxylic acids is 10. The SMILES string of the molecule is CCCCC(CC)CC(CCCC(=O)O)(CC(CC)CCCC)C(=O)O.CCCCC(CC)CC(CCCCCCCC(=O)O)(CC(CC)CCCC)C(=O)O.CCCCC(CCCC)C(CCCC(=O)O)(C(=O)O)C(CCCC)CCCC.CCCCC(CCCC)C(CCCCCCCCCC(CCC(=O)O)C(=O)O)(C(CCCC)CCCC)C(CCC(=O)O)C(=O)O.O.O=[N+]([O-])c1c(O)cccc1Cc1ccccc1. The molecule has 0 amide bonds. The van der Waals surface area contributed by atoms with Gasteiger partial charge in [0.05, 0.1) is 33.0 Å². The molecule has 2 rings (SSSR count). The molecule has 6 atom stereocenters. The van der Waals surface area contributed by atoms with Gasteiger partial charge in [-0.25, -0.2) is 0 Å². The summed E-state index contributed by atoms with van der Waals surface area (Å²) in [4.78, 5) is 128. The molecule has 0 bridgehead atoms. The van der Waals surface area contributed by atoms with Crippen LogP contribution in [0.5, 0.6) is 5.75 Å². The second kappa shape index (κ2) is 91.9. The van der Waals surface area contributed by atoms with Crippen LogP contribution in [0.4, 0.5) is 5.69 Å². The minimum atomic E-state index is -0.962. The molecule has 148 heavy (non-hydrogen) atoms. The first-order valence-electron chi connectivity index (χ1n) is 59.5. The third-order valence-corrected chi connectivity index (χ3v) is 32.3.